The van der Waals surface area contributed by atoms with Crippen LogP contribution in [-0.2, 0) is 10.2 Å². The number of nitrogens with zero attached hydrogens (tertiary/aromatic N) is 4. The number of likely N-dealkylation sites (tertiary alicyclic amines) is 1. The van der Waals surface area contributed by atoms with Gasteiger partial charge in [0.1, 0.15) is 5.82 Å². The molecule has 1 aromatic carbocycles. The molecule has 0 spiro atoms. The van der Waals surface area contributed by atoms with Crippen molar-refractivity contribution in [2.75, 3.05) is 44.2 Å². The van der Waals surface area contributed by atoms with Gasteiger partial charge in [-0.15, -0.1) is 0 Å². The third-order valence-corrected chi connectivity index (χ3v) is 6.44. The second-order valence-electron chi connectivity index (χ2n) is 8.02. The average molecular weight is 362 g/mol. The van der Waals surface area contributed by atoms with E-state index in [0.29, 0.717) is 11.9 Å². The molecule has 3 fully saturated rings. The summed E-state index contributed by atoms with van der Waals surface area (Å²) in [7, 11) is 0. The molecule has 27 heavy (non-hydrogen) atoms. The van der Waals surface area contributed by atoms with Crippen LogP contribution in [0, 0.1) is 0 Å². The van der Waals surface area contributed by atoms with Gasteiger partial charge in [-0.2, -0.15) is 0 Å². The first kappa shape index (κ1) is 16.8. The van der Waals surface area contributed by atoms with Gasteiger partial charge in [-0.3, -0.25) is 9.69 Å². The molecule has 2 aromatic rings. The summed E-state index contributed by atoms with van der Waals surface area (Å²) >= 11 is 0. The second kappa shape index (κ2) is 6.64. The monoisotopic (exact) mass is 362 g/mol. The van der Waals surface area contributed by atoms with Crippen LogP contribution in [0.5, 0.6) is 0 Å². The van der Waals surface area contributed by atoms with E-state index in [1.165, 1.54) is 5.56 Å². The van der Waals surface area contributed by atoms with E-state index in [9.17, 15) is 4.79 Å². The van der Waals surface area contributed by atoms with Crippen molar-refractivity contribution in [3.05, 3.63) is 60.3 Å². The van der Waals surface area contributed by atoms with Gasteiger partial charge in [0, 0.05) is 51.5 Å². The van der Waals surface area contributed by atoms with E-state index in [4.69, 9.17) is 0 Å². The van der Waals surface area contributed by atoms with E-state index in [0.717, 1.165) is 57.9 Å². The minimum Gasteiger partial charge on any atom is -0.354 e. The van der Waals surface area contributed by atoms with Crippen molar-refractivity contribution in [2.24, 2.45) is 0 Å². The standard InChI is InChI=1S/C22H26N4O/c27-21(22(9-10-22)18-6-2-1-3-7-18)26-16-19(17-26)24-12-14-25(15-13-24)20-8-4-5-11-23-20/h1-8,11,19H,9-10,12-17H2. The fraction of sp³-hybridized carbons (Fsp3) is 0.455. The van der Waals surface area contributed by atoms with Crippen molar-refractivity contribution in [3.8, 4) is 0 Å². The third kappa shape index (κ3) is 3.00. The van der Waals surface area contributed by atoms with Crippen LogP contribution < -0.4 is 4.90 Å². The molecule has 2 aliphatic heterocycles. The Morgan fingerprint density at radius 3 is 2.26 bits per heavy atom. The van der Waals surface area contributed by atoms with E-state index >= 15 is 0 Å². The smallest absolute Gasteiger partial charge is 0.233 e. The largest absolute Gasteiger partial charge is 0.354 e. The van der Waals surface area contributed by atoms with Gasteiger partial charge in [0.2, 0.25) is 5.91 Å². The number of rotatable bonds is 4. The van der Waals surface area contributed by atoms with E-state index in [1.807, 2.05) is 36.5 Å². The number of carbonyl (C=O) groups excluding carboxylic acids is 1. The van der Waals surface area contributed by atoms with Crippen LogP contribution in [0.3, 0.4) is 0 Å². The van der Waals surface area contributed by atoms with Gasteiger partial charge in [-0.1, -0.05) is 36.4 Å². The van der Waals surface area contributed by atoms with Gasteiger partial charge in [0.25, 0.3) is 0 Å². The molecule has 1 aliphatic carbocycles. The molecular formula is C22H26N4O. The number of hydrogen-bond acceptors (Lipinski definition) is 4. The minimum atomic E-state index is -0.218. The molecule has 5 nitrogen and oxygen atoms in total. The Morgan fingerprint density at radius 1 is 0.926 bits per heavy atom. The molecule has 140 valence electrons. The van der Waals surface area contributed by atoms with Crippen molar-refractivity contribution < 1.29 is 4.79 Å². The Hall–Kier alpha value is -2.40. The fourth-order valence-electron chi connectivity index (χ4n) is 4.52. The van der Waals surface area contributed by atoms with Crippen molar-refractivity contribution in [3.63, 3.8) is 0 Å². The zero-order valence-electron chi connectivity index (χ0n) is 15.6. The Balaban J connectivity index is 1.15. The number of anilines is 1. The topological polar surface area (TPSA) is 39.7 Å². The van der Waals surface area contributed by atoms with Crippen molar-refractivity contribution in [1.29, 1.82) is 0 Å². The predicted octanol–water partition coefficient (Wildman–Crippen LogP) is 2.15. The first-order valence-corrected chi connectivity index (χ1v) is 10.0. The fourth-order valence-corrected chi connectivity index (χ4v) is 4.52. The number of amides is 1. The molecule has 1 amide bonds. The SMILES string of the molecule is O=C(N1CC(N2CCN(c3ccccn3)CC2)C1)C1(c2ccccc2)CC1. The number of benzene rings is 1. The predicted molar refractivity (Wildman–Crippen MR) is 106 cm³/mol. The quantitative estimate of drug-likeness (QED) is 0.836. The lowest BCUT2D eigenvalue weighted by Gasteiger charge is -2.49. The molecule has 0 atom stereocenters. The summed E-state index contributed by atoms with van der Waals surface area (Å²) in [5, 5.41) is 0. The molecule has 5 rings (SSSR count). The van der Waals surface area contributed by atoms with E-state index in [-0.39, 0.29) is 5.41 Å². The van der Waals surface area contributed by atoms with Crippen molar-refractivity contribution in [2.45, 2.75) is 24.3 Å². The summed E-state index contributed by atoms with van der Waals surface area (Å²) in [5.41, 5.74) is 0.978. The minimum absolute atomic E-state index is 0.218. The normalized spacial score (nSPS) is 22.4. The highest BCUT2D eigenvalue weighted by molar-refractivity contribution is 5.92. The maximum Gasteiger partial charge on any atom is 0.233 e. The highest BCUT2D eigenvalue weighted by Crippen LogP contribution is 2.50. The van der Waals surface area contributed by atoms with Gasteiger partial charge >= 0.3 is 0 Å². The van der Waals surface area contributed by atoms with E-state index < -0.39 is 0 Å². The highest BCUT2D eigenvalue weighted by atomic mass is 16.2. The molecule has 0 radical (unpaired) electrons. The van der Waals surface area contributed by atoms with Crippen LogP contribution in [0.4, 0.5) is 5.82 Å². The first-order valence-electron chi connectivity index (χ1n) is 10.0. The summed E-state index contributed by atoms with van der Waals surface area (Å²) in [6.07, 6.45) is 3.86. The number of aromatic nitrogens is 1. The molecule has 2 saturated heterocycles. The Bertz CT molecular complexity index is 792. The van der Waals surface area contributed by atoms with Crippen LogP contribution in [0.15, 0.2) is 54.7 Å². The Kier molecular flexibility index (Phi) is 4.12. The van der Waals surface area contributed by atoms with Crippen LogP contribution in [0.1, 0.15) is 18.4 Å². The average Bonchev–Trinajstić information content (AvgIpc) is 3.51. The van der Waals surface area contributed by atoms with Gasteiger partial charge in [-0.25, -0.2) is 4.98 Å². The third-order valence-electron chi connectivity index (χ3n) is 6.44. The Labute approximate surface area is 160 Å². The number of piperazine rings is 1. The van der Waals surface area contributed by atoms with Crippen molar-refractivity contribution >= 4 is 11.7 Å². The van der Waals surface area contributed by atoms with Crippen LogP contribution in [-0.4, -0.2) is 66.0 Å². The molecule has 0 unspecified atom stereocenters. The summed E-state index contributed by atoms with van der Waals surface area (Å²) in [6.45, 7) is 5.89. The lowest BCUT2D eigenvalue weighted by atomic mass is 9.92. The lowest BCUT2D eigenvalue weighted by Crippen LogP contribution is -2.65. The Morgan fingerprint density at radius 2 is 1.63 bits per heavy atom. The summed E-state index contributed by atoms with van der Waals surface area (Å²) in [5.74, 6) is 1.41. The molecule has 0 N–H and O–H groups in total. The second-order valence-corrected chi connectivity index (χ2v) is 8.02. The highest BCUT2D eigenvalue weighted by Gasteiger charge is 2.55. The van der Waals surface area contributed by atoms with Gasteiger partial charge < -0.3 is 9.80 Å². The van der Waals surface area contributed by atoms with Gasteiger partial charge in [0.05, 0.1) is 5.41 Å². The number of hydrogen-bond donors (Lipinski definition) is 0. The molecule has 3 aliphatic rings. The summed E-state index contributed by atoms with van der Waals surface area (Å²) in [4.78, 5) is 24.5. The van der Waals surface area contributed by atoms with Gasteiger partial charge in [-0.05, 0) is 30.5 Å². The number of carbonyl (C=O) groups is 1. The maximum absolute atomic E-state index is 13.1. The summed E-state index contributed by atoms with van der Waals surface area (Å²) < 4.78 is 0. The molecule has 5 heteroatoms. The van der Waals surface area contributed by atoms with E-state index in [1.54, 1.807) is 0 Å². The van der Waals surface area contributed by atoms with E-state index in [2.05, 4.69) is 37.9 Å². The molecular weight excluding hydrogens is 336 g/mol. The molecule has 3 heterocycles. The maximum atomic E-state index is 13.1. The zero-order chi connectivity index (χ0) is 18.3. The molecule has 0 bridgehead atoms. The lowest BCUT2D eigenvalue weighted by molar-refractivity contribution is -0.141. The first-order chi connectivity index (χ1) is 13.3. The zero-order valence-corrected chi connectivity index (χ0v) is 15.6. The number of pyridine rings is 1. The van der Waals surface area contributed by atoms with Crippen LogP contribution in [0.2, 0.25) is 0 Å². The van der Waals surface area contributed by atoms with Gasteiger partial charge in [0.15, 0.2) is 0 Å². The molecule has 1 saturated carbocycles. The molecule has 1 aromatic heterocycles. The van der Waals surface area contributed by atoms with Crippen LogP contribution in [0.25, 0.3) is 0 Å². The van der Waals surface area contributed by atoms with Crippen molar-refractivity contribution in [1.82, 2.24) is 14.8 Å². The van der Waals surface area contributed by atoms with Crippen LogP contribution >= 0.6 is 0 Å². The summed E-state index contributed by atoms with van der Waals surface area (Å²) in [6, 6.07) is 16.9.